The van der Waals surface area contributed by atoms with Crippen molar-refractivity contribution in [3.05, 3.63) is 17.5 Å². The molecule has 10 heavy (non-hydrogen) atoms. The van der Waals surface area contributed by atoms with Crippen LogP contribution in [0.1, 0.15) is 11.5 Å². The van der Waals surface area contributed by atoms with Crippen LogP contribution in [-0.2, 0) is 4.79 Å². The van der Waals surface area contributed by atoms with Crippen molar-refractivity contribution in [1.29, 1.82) is 5.41 Å². The number of isocyanates is 1. The van der Waals surface area contributed by atoms with Crippen molar-refractivity contribution in [1.82, 2.24) is 5.16 Å². The first-order valence-electron chi connectivity index (χ1n) is 2.64. The number of hydrogen-bond donors (Lipinski definition) is 1. The van der Waals surface area contributed by atoms with Gasteiger partial charge in [-0.15, -0.1) is 0 Å². The van der Waals surface area contributed by atoms with Gasteiger partial charge in [-0.25, -0.2) is 10.2 Å². The minimum Gasteiger partial charge on any atom is -0.361 e. The fourth-order valence-electron chi connectivity index (χ4n) is 0.491. The van der Waals surface area contributed by atoms with Crippen molar-refractivity contribution in [3.63, 3.8) is 0 Å². The predicted molar refractivity (Wildman–Crippen MR) is 34.4 cm³/mol. The van der Waals surface area contributed by atoms with Gasteiger partial charge in [-0.1, -0.05) is 5.16 Å². The molecular weight excluding hydrogens is 132 g/mol. The maximum absolute atomic E-state index is 8.35. The summed E-state index contributed by atoms with van der Waals surface area (Å²) in [4.78, 5) is 8.35. The van der Waals surface area contributed by atoms with Gasteiger partial charge < -0.3 is 4.52 Å². The monoisotopic (exact) mass is 140 g/mol. The van der Waals surface area contributed by atoms with E-state index >= 15 is 0 Å². The van der Waals surface area contributed by atoms with E-state index in [-0.39, 0.29) is 0 Å². The van der Waals surface area contributed by atoms with Crippen LogP contribution >= 0.6 is 0 Å². The predicted octanol–water partition coefficient (Wildman–Crippen LogP) is 1.19. The zero-order valence-corrected chi connectivity index (χ0v) is 5.84. The lowest BCUT2D eigenvalue weighted by Crippen LogP contribution is -1.59. The maximum atomic E-state index is 8.35. The van der Waals surface area contributed by atoms with Crippen LogP contribution in [0.3, 0.4) is 0 Å². The summed E-state index contributed by atoms with van der Waals surface area (Å²) in [6, 6.07) is 1.89. The fraction of sp³-hybridized carbons (Fsp3) is 0.333. The lowest BCUT2D eigenvalue weighted by Gasteiger charge is -1.65. The van der Waals surface area contributed by atoms with E-state index in [0.717, 1.165) is 17.5 Å². The van der Waals surface area contributed by atoms with Crippen molar-refractivity contribution in [3.8, 4) is 0 Å². The third-order valence-corrected chi connectivity index (χ3v) is 0.746. The van der Waals surface area contributed by atoms with E-state index in [2.05, 4.69) is 5.16 Å². The molecule has 4 nitrogen and oxygen atoms in total. The smallest absolute Gasteiger partial charge is 0.231 e. The molecule has 0 aliphatic carbocycles. The van der Waals surface area contributed by atoms with E-state index in [1.807, 2.05) is 19.9 Å². The van der Waals surface area contributed by atoms with E-state index in [1.54, 1.807) is 0 Å². The molecule has 0 saturated heterocycles. The molecule has 0 unspecified atom stereocenters. The second-order valence-electron chi connectivity index (χ2n) is 1.68. The Labute approximate surface area is 58.3 Å². The van der Waals surface area contributed by atoms with Gasteiger partial charge in [0.2, 0.25) is 6.08 Å². The highest BCUT2D eigenvalue weighted by molar-refractivity contribution is 5.26. The average Bonchev–Trinajstić information content (AvgIpc) is 2.17. The Morgan fingerprint density at radius 1 is 1.70 bits per heavy atom. The van der Waals surface area contributed by atoms with E-state index in [4.69, 9.17) is 14.7 Å². The first kappa shape index (κ1) is 8.59. The second-order valence-corrected chi connectivity index (χ2v) is 1.68. The molecule has 0 fully saturated rings. The largest absolute Gasteiger partial charge is 0.361 e. The summed E-state index contributed by atoms with van der Waals surface area (Å²) in [5.41, 5.74) is 0.942. The van der Waals surface area contributed by atoms with E-state index in [9.17, 15) is 0 Å². The summed E-state index contributed by atoms with van der Waals surface area (Å²) in [6.07, 6.45) is 0.750. The molecule has 1 N–H and O–H groups in total. The Hall–Kier alpha value is -1.41. The summed E-state index contributed by atoms with van der Waals surface area (Å²) in [5.74, 6) is 0.873. The van der Waals surface area contributed by atoms with Crippen LogP contribution in [-0.4, -0.2) is 11.2 Å². The quantitative estimate of drug-likeness (QED) is 0.434. The molecule has 0 spiro atoms. The summed E-state index contributed by atoms with van der Waals surface area (Å²) in [7, 11) is 0. The maximum Gasteiger partial charge on any atom is 0.231 e. The van der Waals surface area contributed by atoms with Crippen molar-refractivity contribution in [2.45, 2.75) is 13.8 Å². The Balaban J connectivity index is 0.000000236. The molecule has 0 aromatic carbocycles. The first-order valence-corrected chi connectivity index (χ1v) is 2.64. The summed E-state index contributed by atoms with van der Waals surface area (Å²) in [5, 5.41) is 9.04. The third kappa shape index (κ3) is 3.57. The minimum atomic E-state index is 0.750. The average molecular weight is 140 g/mol. The second kappa shape index (κ2) is 4.47. The van der Waals surface area contributed by atoms with Crippen LogP contribution in [0.4, 0.5) is 0 Å². The van der Waals surface area contributed by atoms with Gasteiger partial charge in [0.05, 0.1) is 5.69 Å². The van der Waals surface area contributed by atoms with Gasteiger partial charge in [-0.2, -0.15) is 0 Å². The molecule has 0 aliphatic rings. The lowest BCUT2D eigenvalue weighted by molar-refractivity contribution is 0.393. The highest BCUT2D eigenvalue weighted by Crippen LogP contribution is 1.96. The summed E-state index contributed by atoms with van der Waals surface area (Å²) >= 11 is 0. The number of nitrogens with zero attached hydrogens (tertiary/aromatic N) is 1. The number of hydrogen-bond acceptors (Lipinski definition) is 4. The molecule has 1 aromatic rings. The summed E-state index contributed by atoms with van der Waals surface area (Å²) in [6.45, 7) is 3.77. The molecule has 1 aromatic heterocycles. The molecule has 0 atom stereocenters. The van der Waals surface area contributed by atoms with Crippen LogP contribution in [0, 0.1) is 19.3 Å². The van der Waals surface area contributed by atoms with Crippen LogP contribution in [0.5, 0.6) is 0 Å². The Kier molecular flexibility index (Phi) is 3.84. The third-order valence-electron chi connectivity index (χ3n) is 0.746. The molecule has 0 aliphatic heterocycles. The number of aryl methyl sites for hydroxylation is 2. The molecule has 0 bridgehead atoms. The highest BCUT2D eigenvalue weighted by Gasteiger charge is 1.88. The molecule has 0 amide bonds. The van der Waals surface area contributed by atoms with Crippen LogP contribution in [0.2, 0.25) is 0 Å². The highest BCUT2D eigenvalue weighted by atomic mass is 16.5. The molecule has 1 heterocycles. The first-order chi connectivity index (χ1) is 4.70. The van der Waals surface area contributed by atoms with Gasteiger partial charge in [0.25, 0.3) is 0 Å². The van der Waals surface area contributed by atoms with Crippen LogP contribution < -0.4 is 0 Å². The normalized spacial score (nSPS) is 7.40. The molecule has 54 valence electrons. The number of carbonyl (C=O) groups excluding carboxylic acids is 1. The number of rotatable bonds is 0. The van der Waals surface area contributed by atoms with Gasteiger partial charge in [-0.3, -0.25) is 0 Å². The Bertz CT molecular complexity index is 207. The van der Waals surface area contributed by atoms with Crippen molar-refractivity contribution in [2.24, 2.45) is 0 Å². The number of nitrogens with one attached hydrogen (secondary N) is 1. The van der Waals surface area contributed by atoms with E-state index in [0.29, 0.717) is 0 Å². The standard InChI is InChI=1S/C5H7NO.CHNO/c1-4-3-5(2)7-6-4;2-1-3/h3H,1-2H3;2H. The van der Waals surface area contributed by atoms with Crippen molar-refractivity contribution in [2.75, 3.05) is 0 Å². The van der Waals surface area contributed by atoms with Crippen molar-refractivity contribution >= 4 is 6.08 Å². The number of aromatic nitrogens is 1. The lowest BCUT2D eigenvalue weighted by atomic mass is 10.4. The van der Waals surface area contributed by atoms with Crippen LogP contribution in [0.25, 0.3) is 0 Å². The zero-order valence-electron chi connectivity index (χ0n) is 5.84. The van der Waals surface area contributed by atoms with Gasteiger partial charge >= 0.3 is 0 Å². The van der Waals surface area contributed by atoms with Crippen molar-refractivity contribution < 1.29 is 9.32 Å². The van der Waals surface area contributed by atoms with Gasteiger partial charge in [0.15, 0.2) is 0 Å². The molecule has 4 heteroatoms. The molecule has 0 saturated carbocycles. The molecular formula is C6H8N2O2. The fourth-order valence-corrected chi connectivity index (χ4v) is 0.491. The van der Waals surface area contributed by atoms with Gasteiger partial charge in [0.1, 0.15) is 5.76 Å². The van der Waals surface area contributed by atoms with E-state index < -0.39 is 0 Å². The van der Waals surface area contributed by atoms with Gasteiger partial charge in [-0.05, 0) is 13.8 Å². The summed E-state index contributed by atoms with van der Waals surface area (Å²) < 4.78 is 4.71. The minimum absolute atomic E-state index is 0.750. The van der Waals surface area contributed by atoms with Crippen LogP contribution in [0.15, 0.2) is 10.6 Å². The molecule has 1 rings (SSSR count). The van der Waals surface area contributed by atoms with Gasteiger partial charge in [0, 0.05) is 6.07 Å². The SMILES string of the molecule is Cc1cc(C)on1.N=C=O. The zero-order chi connectivity index (χ0) is 7.98. The Morgan fingerprint density at radius 3 is 2.30 bits per heavy atom. The molecule has 0 radical (unpaired) electrons. The van der Waals surface area contributed by atoms with E-state index in [1.165, 1.54) is 0 Å². The Morgan fingerprint density at radius 2 is 2.20 bits per heavy atom. The topological polar surface area (TPSA) is 67.0 Å².